The van der Waals surface area contributed by atoms with E-state index in [1.54, 1.807) is 37.6 Å². The van der Waals surface area contributed by atoms with E-state index in [9.17, 15) is 19.5 Å². The van der Waals surface area contributed by atoms with Crippen molar-refractivity contribution in [3.05, 3.63) is 41.0 Å². The average Bonchev–Trinajstić information content (AvgIpc) is 3.35. The molecule has 1 saturated heterocycles. The van der Waals surface area contributed by atoms with Gasteiger partial charge in [0.2, 0.25) is 5.91 Å². The lowest BCUT2D eigenvalue weighted by Crippen LogP contribution is -2.53. The third-order valence-corrected chi connectivity index (χ3v) is 6.52. The maximum Gasteiger partial charge on any atom is 0.405 e. The number of nitrogens with one attached hydrogen (secondary N) is 1. The van der Waals surface area contributed by atoms with Crippen molar-refractivity contribution < 1.29 is 24.2 Å². The Bertz CT molecular complexity index is 1010. The summed E-state index contributed by atoms with van der Waals surface area (Å²) in [6, 6.07) is 6.95. The van der Waals surface area contributed by atoms with Crippen LogP contribution in [0.5, 0.6) is 0 Å². The van der Waals surface area contributed by atoms with Gasteiger partial charge >= 0.3 is 6.09 Å². The number of carbonyl (C=O) groups is 3. The quantitative estimate of drug-likeness (QED) is 0.587. The van der Waals surface area contributed by atoms with Crippen LogP contribution in [-0.2, 0) is 20.9 Å². The van der Waals surface area contributed by atoms with E-state index in [0.717, 1.165) is 21.7 Å². The van der Waals surface area contributed by atoms with Crippen LogP contribution >= 0.6 is 11.3 Å². The van der Waals surface area contributed by atoms with Crippen LogP contribution in [0.2, 0.25) is 0 Å². The minimum atomic E-state index is -1.17. The molecule has 1 aromatic heterocycles. The molecule has 3 amide bonds. The van der Waals surface area contributed by atoms with Gasteiger partial charge in [0, 0.05) is 24.9 Å². The van der Waals surface area contributed by atoms with Crippen LogP contribution in [0.1, 0.15) is 38.4 Å². The molecule has 0 unspecified atom stereocenters. The molecule has 9 nitrogen and oxygen atoms in total. The molecule has 33 heavy (non-hydrogen) atoms. The lowest BCUT2D eigenvalue weighted by molar-refractivity contribution is -0.150. The summed E-state index contributed by atoms with van der Waals surface area (Å²) in [5.74, 6) is -0.934. The van der Waals surface area contributed by atoms with Crippen molar-refractivity contribution in [3.8, 4) is 10.4 Å². The molecular formula is C23H30N4O5S. The number of likely N-dealkylation sites (tertiary alicyclic amines) is 1. The first-order chi connectivity index (χ1) is 15.5. The Balaban J connectivity index is 1.67. The molecule has 2 heterocycles. The Labute approximate surface area is 196 Å². The molecule has 3 rings (SSSR count). The Morgan fingerprint density at radius 1 is 1.30 bits per heavy atom. The first-order valence-corrected chi connectivity index (χ1v) is 11.6. The fourth-order valence-corrected chi connectivity index (χ4v) is 4.64. The highest BCUT2D eigenvalue weighted by Crippen LogP contribution is 2.29. The van der Waals surface area contributed by atoms with Gasteiger partial charge < -0.3 is 25.8 Å². The number of amides is 3. The maximum atomic E-state index is 13.1. The largest absolute Gasteiger partial charge is 0.436 e. The predicted molar refractivity (Wildman–Crippen MR) is 124 cm³/mol. The molecule has 0 bridgehead atoms. The van der Waals surface area contributed by atoms with Crippen molar-refractivity contribution in [3.63, 3.8) is 0 Å². The molecule has 2 aromatic rings. The molecule has 3 atom stereocenters. The van der Waals surface area contributed by atoms with Gasteiger partial charge in [0.1, 0.15) is 6.04 Å². The molecule has 0 aliphatic carbocycles. The van der Waals surface area contributed by atoms with Gasteiger partial charge in [-0.1, -0.05) is 45.0 Å². The molecular weight excluding hydrogens is 444 g/mol. The molecule has 1 aliphatic heterocycles. The lowest BCUT2D eigenvalue weighted by atomic mass is 9.88. The highest BCUT2D eigenvalue weighted by atomic mass is 32.1. The van der Waals surface area contributed by atoms with Gasteiger partial charge in [-0.3, -0.25) is 9.59 Å². The highest BCUT2D eigenvalue weighted by molar-refractivity contribution is 7.13. The number of benzene rings is 1. The number of rotatable bonds is 6. The standard InChI is InChI=1S/C23H30N4O5S/c1-13-18(33-12-26-13)15-7-5-14(6-8-15)10-25-20(29)17-9-16(28)11-27(17)21(30)19(23(2,3)4)32-22(24)31/h5-8,12,16-17,19,28H,9-11H2,1-4H3,(H2,24,31)(H,25,29)/t16-,17-,19+/m0/s1. The normalized spacial score (nSPS) is 19.2. The summed E-state index contributed by atoms with van der Waals surface area (Å²) in [7, 11) is 0. The molecule has 10 heteroatoms. The van der Waals surface area contributed by atoms with Crippen molar-refractivity contribution in [2.45, 2.75) is 58.9 Å². The number of nitrogens with two attached hydrogens (primary N) is 1. The van der Waals surface area contributed by atoms with Gasteiger partial charge in [-0.15, -0.1) is 11.3 Å². The van der Waals surface area contributed by atoms with E-state index in [1.807, 2.05) is 31.2 Å². The summed E-state index contributed by atoms with van der Waals surface area (Å²) in [5.41, 5.74) is 9.14. The van der Waals surface area contributed by atoms with Crippen LogP contribution < -0.4 is 11.1 Å². The Morgan fingerprint density at radius 2 is 1.97 bits per heavy atom. The molecule has 0 saturated carbocycles. The van der Waals surface area contributed by atoms with Crippen LogP contribution in [0, 0.1) is 12.3 Å². The number of aliphatic hydroxyl groups excluding tert-OH is 1. The van der Waals surface area contributed by atoms with Crippen molar-refractivity contribution >= 4 is 29.2 Å². The zero-order valence-corrected chi connectivity index (χ0v) is 20.0. The van der Waals surface area contributed by atoms with Crippen molar-refractivity contribution in [2.24, 2.45) is 11.1 Å². The number of β-amino-alcohol motifs (C(OH)–C–C–N with tert-alkyl or cyclic N) is 1. The molecule has 0 radical (unpaired) electrons. The Hall–Kier alpha value is -2.98. The first kappa shape index (κ1) is 24.7. The van der Waals surface area contributed by atoms with E-state index < -0.39 is 35.7 Å². The number of hydrogen-bond donors (Lipinski definition) is 3. The summed E-state index contributed by atoms with van der Waals surface area (Å²) in [6.07, 6.45) is -2.98. The van der Waals surface area contributed by atoms with Crippen LogP contribution in [0.3, 0.4) is 0 Å². The highest BCUT2D eigenvalue weighted by Gasteiger charge is 2.45. The molecule has 4 N–H and O–H groups in total. The van der Waals surface area contributed by atoms with Gasteiger partial charge in [-0.05, 0) is 18.1 Å². The summed E-state index contributed by atoms with van der Waals surface area (Å²) in [6.45, 7) is 7.42. The van der Waals surface area contributed by atoms with Gasteiger partial charge in [0.15, 0.2) is 6.10 Å². The smallest absolute Gasteiger partial charge is 0.405 e. The second-order valence-corrected chi connectivity index (χ2v) is 10.1. The number of nitrogens with zero attached hydrogens (tertiary/aromatic N) is 2. The number of hydrogen-bond acceptors (Lipinski definition) is 7. The lowest BCUT2D eigenvalue weighted by Gasteiger charge is -2.33. The molecule has 1 aromatic carbocycles. The number of carbonyl (C=O) groups excluding carboxylic acids is 3. The van der Waals surface area contributed by atoms with E-state index in [-0.39, 0.29) is 25.4 Å². The van der Waals surface area contributed by atoms with E-state index >= 15 is 0 Å². The zero-order valence-electron chi connectivity index (χ0n) is 19.2. The number of ether oxygens (including phenoxy) is 1. The summed E-state index contributed by atoms with van der Waals surface area (Å²) in [5, 5.41) is 13.0. The van der Waals surface area contributed by atoms with Gasteiger partial charge in [0.25, 0.3) is 5.91 Å². The monoisotopic (exact) mass is 474 g/mol. The summed E-state index contributed by atoms with van der Waals surface area (Å²) >= 11 is 1.57. The summed E-state index contributed by atoms with van der Waals surface area (Å²) in [4.78, 5) is 44.0. The van der Waals surface area contributed by atoms with Gasteiger partial charge in [-0.2, -0.15) is 0 Å². The average molecular weight is 475 g/mol. The fourth-order valence-electron chi connectivity index (χ4n) is 3.83. The van der Waals surface area contributed by atoms with Crippen LogP contribution in [0.15, 0.2) is 29.8 Å². The predicted octanol–water partition coefficient (Wildman–Crippen LogP) is 2.21. The zero-order chi connectivity index (χ0) is 24.3. The van der Waals surface area contributed by atoms with Crippen LogP contribution in [0.4, 0.5) is 4.79 Å². The number of primary amides is 1. The Morgan fingerprint density at radius 3 is 2.52 bits per heavy atom. The topological polar surface area (TPSA) is 135 Å². The minimum absolute atomic E-state index is 0.0193. The molecule has 178 valence electrons. The fraction of sp³-hybridized carbons (Fsp3) is 0.478. The van der Waals surface area contributed by atoms with Crippen molar-refractivity contribution in [1.29, 1.82) is 0 Å². The molecule has 1 aliphatic rings. The van der Waals surface area contributed by atoms with Crippen molar-refractivity contribution in [2.75, 3.05) is 6.54 Å². The van der Waals surface area contributed by atoms with E-state index in [2.05, 4.69) is 10.3 Å². The number of aryl methyl sites for hydroxylation is 1. The van der Waals surface area contributed by atoms with Gasteiger partial charge in [-0.25, -0.2) is 9.78 Å². The summed E-state index contributed by atoms with van der Waals surface area (Å²) < 4.78 is 5.06. The van der Waals surface area contributed by atoms with E-state index in [0.29, 0.717) is 0 Å². The maximum absolute atomic E-state index is 13.1. The van der Waals surface area contributed by atoms with E-state index in [1.165, 1.54) is 4.90 Å². The minimum Gasteiger partial charge on any atom is -0.436 e. The first-order valence-electron chi connectivity index (χ1n) is 10.7. The van der Waals surface area contributed by atoms with Crippen LogP contribution in [0.25, 0.3) is 10.4 Å². The number of thiazole rings is 1. The third-order valence-electron chi connectivity index (χ3n) is 5.54. The van der Waals surface area contributed by atoms with E-state index in [4.69, 9.17) is 10.5 Å². The SMILES string of the molecule is Cc1ncsc1-c1ccc(CNC(=O)[C@@H]2C[C@H](O)CN2C(=O)[C@@H](OC(N)=O)C(C)(C)C)cc1. The third kappa shape index (κ3) is 5.88. The second kappa shape index (κ2) is 9.88. The Kier molecular flexibility index (Phi) is 7.38. The second-order valence-electron chi connectivity index (χ2n) is 9.26. The molecule has 0 spiro atoms. The number of aliphatic hydroxyl groups is 1. The van der Waals surface area contributed by atoms with Crippen LogP contribution in [-0.4, -0.2) is 57.7 Å². The van der Waals surface area contributed by atoms with Crippen molar-refractivity contribution in [1.82, 2.24) is 15.2 Å². The molecule has 1 fully saturated rings. The number of aromatic nitrogens is 1. The van der Waals surface area contributed by atoms with Gasteiger partial charge in [0.05, 0.1) is 22.2 Å².